The van der Waals surface area contributed by atoms with Crippen molar-refractivity contribution in [3.63, 3.8) is 0 Å². The van der Waals surface area contributed by atoms with Crippen LogP contribution in [0, 0.1) is 0 Å². The molecule has 1 N–H and O–H groups in total. The Labute approximate surface area is 96.9 Å². The minimum absolute atomic E-state index is 0.0340. The van der Waals surface area contributed by atoms with Crippen LogP contribution in [0.5, 0.6) is 5.88 Å². The number of hydrogen-bond acceptors (Lipinski definition) is 5. The molecule has 0 unspecified atom stereocenters. The van der Waals surface area contributed by atoms with E-state index in [1.54, 1.807) is 0 Å². The van der Waals surface area contributed by atoms with E-state index in [1.165, 1.54) is 12.3 Å². The van der Waals surface area contributed by atoms with Crippen LogP contribution in [0.25, 0.3) is 5.52 Å². The third kappa shape index (κ3) is 2.03. The molecule has 0 aliphatic rings. The molecule has 0 saturated carbocycles. The fourth-order valence-electron chi connectivity index (χ4n) is 1.12. The molecule has 98 valence electrons. The zero-order valence-corrected chi connectivity index (χ0v) is 9.12. The lowest BCUT2D eigenvalue weighted by Crippen LogP contribution is -2.29. The molecule has 0 bridgehead atoms. The number of fused-ring (bicyclic) bond motifs is 1. The number of rotatable bonds is 2. The smallest absolute Gasteiger partial charge is 0.356 e. The van der Waals surface area contributed by atoms with Gasteiger partial charge in [-0.05, 0) is 6.07 Å². The summed E-state index contributed by atoms with van der Waals surface area (Å²) in [4.78, 5) is 11.4. The third-order valence-electron chi connectivity index (χ3n) is 1.86. The van der Waals surface area contributed by atoms with Crippen molar-refractivity contribution in [2.24, 2.45) is 0 Å². The molecule has 2 aromatic rings. The lowest BCUT2D eigenvalue weighted by Gasteiger charge is -2.08. The first kappa shape index (κ1) is 12.4. The first-order chi connectivity index (χ1) is 8.21. The number of nitrogens with zero attached hydrogens (tertiary/aromatic N) is 2. The van der Waals surface area contributed by atoms with Crippen LogP contribution in [0.4, 0.5) is 13.2 Å². The van der Waals surface area contributed by atoms with E-state index in [4.69, 9.17) is 0 Å². The highest BCUT2D eigenvalue weighted by molar-refractivity contribution is 7.87. The predicted octanol–water partition coefficient (Wildman–Crippen LogP) is 0.251. The Bertz CT molecular complexity index is 745. The van der Waals surface area contributed by atoms with Crippen molar-refractivity contribution in [1.82, 2.24) is 14.8 Å². The number of halogens is 3. The lowest BCUT2D eigenvalue weighted by atomic mass is 10.4. The summed E-state index contributed by atoms with van der Waals surface area (Å²) in [7, 11) is -5.83. The fourth-order valence-corrected chi connectivity index (χ4v) is 1.53. The lowest BCUT2D eigenvalue weighted by molar-refractivity contribution is -0.0501. The summed E-state index contributed by atoms with van der Waals surface area (Å²) in [5.41, 5.74) is -6.28. The molecule has 2 aromatic heterocycles. The maximum absolute atomic E-state index is 12.0. The van der Waals surface area contributed by atoms with Crippen LogP contribution in [0.3, 0.4) is 0 Å². The molecule has 7 nitrogen and oxygen atoms in total. The minimum atomic E-state index is -5.83. The van der Waals surface area contributed by atoms with Crippen LogP contribution in [0.2, 0.25) is 0 Å². The number of aromatic amines is 1. The molecule has 2 rings (SSSR count). The average molecular weight is 283 g/mol. The first-order valence-corrected chi connectivity index (χ1v) is 5.69. The van der Waals surface area contributed by atoms with E-state index in [9.17, 15) is 26.4 Å². The summed E-state index contributed by atoms with van der Waals surface area (Å²) in [6.45, 7) is 0. The zero-order valence-electron chi connectivity index (χ0n) is 8.30. The van der Waals surface area contributed by atoms with Crippen molar-refractivity contribution in [1.29, 1.82) is 0 Å². The van der Waals surface area contributed by atoms with Gasteiger partial charge in [-0.15, -0.1) is 0 Å². The molecule has 11 heteroatoms. The molecule has 0 aliphatic heterocycles. The molecule has 0 spiro atoms. The Morgan fingerprint density at radius 1 is 1.39 bits per heavy atom. The highest BCUT2D eigenvalue weighted by atomic mass is 32.2. The van der Waals surface area contributed by atoms with Crippen molar-refractivity contribution in [2.75, 3.05) is 0 Å². The second-order valence-corrected chi connectivity index (χ2v) is 4.63. The maximum Gasteiger partial charge on any atom is 0.534 e. The molecule has 0 aliphatic carbocycles. The van der Waals surface area contributed by atoms with Crippen LogP contribution < -0.4 is 9.61 Å². The SMILES string of the molecule is O=c1cc(OS(=O)(=O)C(F)(F)F)[nH]n2nccc12. The topological polar surface area (TPSA) is 93.5 Å². The van der Waals surface area contributed by atoms with Crippen molar-refractivity contribution in [3.8, 4) is 5.88 Å². The normalized spacial score (nSPS) is 12.8. The summed E-state index contributed by atoms with van der Waals surface area (Å²) in [5.74, 6) is -0.881. The van der Waals surface area contributed by atoms with E-state index in [2.05, 4.69) is 14.4 Å². The van der Waals surface area contributed by atoms with Gasteiger partial charge in [0.1, 0.15) is 5.52 Å². The maximum atomic E-state index is 12.0. The molecule has 0 radical (unpaired) electrons. The Morgan fingerprint density at radius 3 is 2.67 bits per heavy atom. The summed E-state index contributed by atoms with van der Waals surface area (Å²) in [6.07, 6.45) is 1.20. The van der Waals surface area contributed by atoms with Crippen molar-refractivity contribution >= 4 is 15.6 Å². The van der Waals surface area contributed by atoms with Gasteiger partial charge >= 0.3 is 15.6 Å². The van der Waals surface area contributed by atoms with E-state index >= 15 is 0 Å². The van der Waals surface area contributed by atoms with Gasteiger partial charge in [-0.1, -0.05) is 0 Å². The van der Waals surface area contributed by atoms with Gasteiger partial charge < -0.3 is 4.18 Å². The quantitative estimate of drug-likeness (QED) is 0.630. The van der Waals surface area contributed by atoms with Crippen LogP contribution in [-0.4, -0.2) is 28.8 Å². The summed E-state index contributed by atoms with van der Waals surface area (Å²) in [6, 6.07) is 1.88. The highest BCUT2D eigenvalue weighted by Crippen LogP contribution is 2.25. The van der Waals surface area contributed by atoms with Crippen LogP contribution in [-0.2, 0) is 10.1 Å². The van der Waals surface area contributed by atoms with E-state index in [0.717, 1.165) is 4.63 Å². The Kier molecular flexibility index (Phi) is 2.57. The van der Waals surface area contributed by atoms with Gasteiger partial charge in [0.05, 0.1) is 12.3 Å². The highest BCUT2D eigenvalue weighted by Gasteiger charge is 2.48. The van der Waals surface area contributed by atoms with Gasteiger partial charge in [-0.25, -0.2) is 5.10 Å². The van der Waals surface area contributed by atoms with E-state index in [0.29, 0.717) is 6.07 Å². The summed E-state index contributed by atoms with van der Waals surface area (Å²) in [5, 5.41) is 5.62. The monoisotopic (exact) mass is 283 g/mol. The van der Waals surface area contributed by atoms with E-state index < -0.39 is 26.9 Å². The van der Waals surface area contributed by atoms with E-state index in [-0.39, 0.29) is 5.52 Å². The predicted molar refractivity (Wildman–Crippen MR) is 51.4 cm³/mol. The average Bonchev–Trinajstić information content (AvgIpc) is 2.63. The second-order valence-electron chi connectivity index (χ2n) is 3.10. The molecule has 0 aromatic carbocycles. The Hall–Kier alpha value is -2.04. The Morgan fingerprint density at radius 2 is 2.06 bits per heavy atom. The molecule has 0 atom stereocenters. The fraction of sp³-hybridized carbons (Fsp3) is 0.143. The largest absolute Gasteiger partial charge is 0.534 e. The van der Waals surface area contributed by atoms with Crippen LogP contribution in [0.1, 0.15) is 0 Å². The van der Waals surface area contributed by atoms with Gasteiger partial charge in [0.2, 0.25) is 11.3 Å². The van der Waals surface area contributed by atoms with Crippen molar-refractivity contribution < 1.29 is 25.8 Å². The number of H-pyrrole nitrogens is 1. The molecular formula is C7H4F3N3O4S. The standard InChI is InChI=1S/C7H4F3N3O4S/c8-7(9,10)18(15,16)17-6-3-5(14)4-1-2-11-13(4)12-6/h1-3,12H. The zero-order chi connectivity index (χ0) is 13.6. The van der Waals surface area contributed by atoms with Gasteiger partial charge in [0.15, 0.2) is 0 Å². The third-order valence-corrected chi connectivity index (χ3v) is 2.82. The summed E-state index contributed by atoms with van der Waals surface area (Å²) < 4.78 is 62.1. The number of nitrogens with one attached hydrogen (secondary N) is 1. The molecule has 2 heterocycles. The molecular weight excluding hydrogens is 279 g/mol. The van der Waals surface area contributed by atoms with Gasteiger partial charge in [0.25, 0.3) is 0 Å². The van der Waals surface area contributed by atoms with Crippen molar-refractivity contribution in [2.45, 2.75) is 5.51 Å². The van der Waals surface area contributed by atoms with Gasteiger partial charge in [-0.2, -0.15) is 31.3 Å². The molecule has 0 fully saturated rings. The molecule has 0 saturated heterocycles. The van der Waals surface area contributed by atoms with Gasteiger partial charge in [0, 0.05) is 0 Å². The first-order valence-electron chi connectivity index (χ1n) is 4.28. The molecule has 18 heavy (non-hydrogen) atoms. The number of hydrogen-bond donors (Lipinski definition) is 1. The van der Waals surface area contributed by atoms with Crippen LogP contribution in [0.15, 0.2) is 23.1 Å². The number of alkyl halides is 3. The number of aromatic nitrogens is 3. The van der Waals surface area contributed by atoms with Crippen LogP contribution >= 0.6 is 0 Å². The Balaban J connectivity index is 2.48. The van der Waals surface area contributed by atoms with E-state index in [1.807, 2.05) is 0 Å². The second kappa shape index (κ2) is 3.73. The molecule has 0 amide bonds. The van der Waals surface area contributed by atoms with Gasteiger partial charge in [-0.3, -0.25) is 4.79 Å². The van der Waals surface area contributed by atoms with Crippen molar-refractivity contribution in [3.05, 3.63) is 28.6 Å². The minimum Gasteiger partial charge on any atom is -0.356 e. The summed E-state index contributed by atoms with van der Waals surface area (Å²) >= 11 is 0.